The lowest BCUT2D eigenvalue weighted by atomic mass is 10.0. The van der Waals surface area contributed by atoms with Crippen LogP contribution in [0.4, 0.5) is 0 Å². The lowest BCUT2D eigenvalue weighted by Gasteiger charge is -2.23. The molecule has 0 saturated carbocycles. The summed E-state index contributed by atoms with van der Waals surface area (Å²) in [5, 5.41) is 18.5. The quantitative estimate of drug-likeness (QED) is 0.0361. The van der Waals surface area contributed by atoms with Crippen molar-refractivity contribution < 1.29 is 38.4 Å². The summed E-state index contributed by atoms with van der Waals surface area (Å²) in [6.07, 6.45) is 3.77. The van der Waals surface area contributed by atoms with Gasteiger partial charge in [0.25, 0.3) is 0 Å². The number of unbranched alkanes of at least 4 members (excludes halogenated alkanes) is 1. The van der Waals surface area contributed by atoms with Crippen LogP contribution in [0.15, 0.2) is 84.9 Å². The van der Waals surface area contributed by atoms with Crippen LogP contribution in [0.1, 0.15) is 42.4 Å². The first-order valence-corrected chi connectivity index (χ1v) is 23.4. The summed E-state index contributed by atoms with van der Waals surface area (Å²) in [7, 11) is 2.78. The largest absolute Gasteiger partial charge is 0.368 e. The lowest BCUT2D eigenvalue weighted by molar-refractivity contribution is -0.133. The average molecular weight is 927 g/mol. The predicted octanol–water partition coefficient (Wildman–Crippen LogP) is 0.671. The monoisotopic (exact) mass is 925 g/mol. The summed E-state index contributed by atoms with van der Waals surface area (Å²) in [5.41, 5.74) is 13.5. The molecule has 20 heteroatoms. The van der Waals surface area contributed by atoms with E-state index in [1.54, 1.807) is 72.8 Å². The van der Waals surface area contributed by atoms with Crippen LogP contribution in [-0.4, -0.2) is 110 Å². The van der Waals surface area contributed by atoms with E-state index in [4.69, 9.17) is 23.1 Å². The topological polar surface area (TPSA) is 273 Å². The smallest absolute Gasteiger partial charge is 0.244 e. The van der Waals surface area contributed by atoms with Crippen molar-refractivity contribution in [2.75, 3.05) is 38.2 Å². The van der Waals surface area contributed by atoms with Crippen molar-refractivity contribution in [3.8, 4) is 0 Å². The molecule has 11 N–H and O–H groups in total. The van der Waals surface area contributed by atoms with Crippen molar-refractivity contribution in [3.63, 3.8) is 0 Å². The number of carbonyl (C=O) groups is 8. The van der Waals surface area contributed by atoms with Crippen molar-refractivity contribution in [2.45, 2.75) is 69.1 Å². The maximum Gasteiger partial charge on any atom is 0.244 e. The molecule has 3 aromatic carbocycles. The van der Waals surface area contributed by atoms with Gasteiger partial charge in [0, 0.05) is 30.0 Å². The van der Waals surface area contributed by atoms with Crippen molar-refractivity contribution in [1.29, 1.82) is 0 Å². The predicted molar refractivity (Wildman–Crippen MR) is 245 cm³/mol. The Hall–Kier alpha value is -5.63. The Labute approximate surface area is 379 Å². The first-order valence-electron chi connectivity index (χ1n) is 20.3. The molecule has 0 radical (unpaired) electrons. The average Bonchev–Trinajstić information content (AvgIpc) is 3.27. The number of aryl methyl sites for hydroxylation is 1. The first-order chi connectivity index (χ1) is 30.3. The van der Waals surface area contributed by atoms with Crippen molar-refractivity contribution in [2.24, 2.45) is 11.5 Å². The summed E-state index contributed by atoms with van der Waals surface area (Å²) in [5.74, 6) is -4.94. The summed E-state index contributed by atoms with van der Waals surface area (Å²) in [6, 6.07) is 20.7. The second-order valence-corrected chi connectivity index (χ2v) is 17.3. The molecule has 3 rings (SSSR count). The fraction of sp³-hybridized carbons (Fsp3) is 0.395. The second-order valence-electron chi connectivity index (χ2n) is 14.3. The van der Waals surface area contributed by atoms with Gasteiger partial charge in [-0.1, -0.05) is 106 Å². The number of nitrogens with one attached hydrogen (secondary N) is 7. The Balaban J connectivity index is 1.57. The Bertz CT molecular complexity index is 1970. The van der Waals surface area contributed by atoms with E-state index in [9.17, 15) is 38.4 Å². The highest BCUT2D eigenvalue weighted by atomic mass is 35.5. The number of rotatable bonds is 28. The number of hydrogen-bond acceptors (Lipinski definition) is 11. The van der Waals surface area contributed by atoms with E-state index in [-0.39, 0.29) is 37.3 Å². The van der Waals surface area contributed by atoms with Crippen LogP contribution in [0.2, 0.25) is 5.02 Å². The molecular formula is C43H56ClN9O8S2. The molecule has 340 valence electrons. The number of primary amides is 1. The zero-order chi connectivity index (χ0) is 46.0. The van der Waals surface area contributed by atoms with Gasteiger partial charge in [0.15, 0.2) is 0 Å². The van der Waals surface area contributed by atoms with E-state index in [1.165, 1.54) is 21.6 Å². The molecule has 0 spiro atoms. The molecule has 0 aromatic heterocycles. The van der Waals surface area contributed by atoms with Crippen molar-refractivity contribution >= 4 is 80.4 Å². The van der Waals surface area contributed by atoms with Crippen LogP contribution in [0.25, 0.3) is 0 Å². The van der Waals surface area contributed by atoms with Crippen molar-refractivity contribution in [3.05, 3.63) is 107 Å². The molecule has 17 nitrogen and oxygen atoms in total. The fourth-order valence-electron chi connectivity index (χ4n) is 5.97. The fourth-order valence-corrected chi connectivity index (χ4v) is 7.42. The molecule has 0 aliphatic carbocycles. The number of nitrogens with two attached hydrogens (primary N) is 2. The maximum atomic E-state index is 13.7. The zero-order valence-corrected chi connectivity index (χ0v) is 37.4. The molecule has 3 aromatic rings. The molecule has 0 aliphatic heterocycles. The third-order valence-corrected chi connectivity index (χ3v) is 11.4. The minimum atomic E-state index is -1.14. The summed E-state index contributed by atoms with van der Waals surface area (Å²) in [4.78, 5) is 104. The Morgan fingerprint density at radius 3 is 1.67 bits per heavy atom. The van der Waals surface area contributed by atoms with E-state index >= 15 is 0 Å². The van der Waals surface area contributed by atoms with Gasteiger partial charge in [-0.05, 0) is 67.3 Å². The first kappa shape index (κ1) is 51.7. The zero-order valence-electron chi connectivity index (χ0n) is 35.0. The summed E-state index contributed by atoms with van der Waals surface area (Å²) < 4.78 is 0. The third-order valence-electron chi connectivity index (χ3n) is 9.33. The van der Waals surface area contributed by atoms with Gasteiger partial charge in [-0.2, -0.15) is 0 Å². The van der Waals surface area contributed by atoms with E-state index in [1.807, 2.05) is 18.4 Å². The van der Waals surface area contributed by atoms with E-state index < -0.39 is 85.2 Å². The molecule has 0 fully saturated rings. The van der Waals surface area contributed by atoms with Gasteiger partial charge in [0.1, 0.15) is 24.2 Å². The van der Waals surface area contributed by atoms with Crippen LogP contribution in [0.3, 0.4) is 0 Å². The molecule has 63 heavy (non-hydrogen) atoms. The number of hydrogen-bond donors (Lipinski definition) is 9. The van der Waals surface area contributed by atoms with Gasteiger partial charge in [-0.25, -0.2) is 0 Å². The van der Waals surface area contributed by atoms with E-state index in [0.717, 1.165) is 16.7 Å². The molecule has 0 bridgehead atoms. The normalized spacial score (nSPS) is 12.6. The van der Waals surface area contributed by atoms with Crippen LogP contribution < -0.4 is 48.7 Å². The standard InChI is InChI=1S/C43H56ClN9O8S2/c1-62-63-27-35(52-36(54)20-17-28-15-18-31(44)19-16-28)43(61)53-34(23-30-12-6-3-7-13-30)42(60)49-26-39(57)50-32(14-8-9-21-45)41(59)48-24-37(55)47-25-38(56)51-33(40(46)58)22-29-10-4-2-5-11-29/h2-7,10-13,15-16,18-19,32-35H,8-9,14,17,20-27,45H2,1H3,(H2,46,58)(H,47,55)(H,48,59)(H,49,60)(H,50,57)(H,51,56)(H,52,54)(H,53,61)/t32?,33?,34-,35?/m0/s1. The van der Waals surface area contributed by atoms with Gasteiger partial charge < -0.3 is 48.7 Å². The van der Waals surface area contributed by atoms with Crippen LogP contribution in [-0.2, 0) is 57.6 Å². The molecule has 3 unspecified atom stereocenters. The number of halogens is 1. The highest BCUT2D eigenvalue weighted by molar-refractivity contribution is 8.76. The van der Waals surface area contributed by atoms with Crippen LogP contribution in [0, 0.1) is 0 Å². The van der Waals surface area contributed by atoms with Gasteiger partial charge in [0.05, 0.1) is 19.6 Å². The second kappa shape index (κ2) is 28.9. The Kier molecular flexibility index (Phi) is 23.7. The Morgan fingerprint density at radius 2 is 1.10 bits per heavy atom. The van der Waals surface area contributed by atoms with Gasteiger partial charge in [-0.15, -0.1) is 0 Å². The SMILES string of the molecule is CSSCC(NC(=O)CCc1ccc(Cl)cc1)C(=O)N[C@@H](Cc1ccccc1)C(=O)NCC(=O)NC(CCCCN)C(=O)NCC(=O)NCC(=O)NC(Cc1ccccc1)C(N)=O. The van der Waals surface area contributed by atoms with Crippen LogP contribution >= 0.6 is 33.2 Å². The molecule has 4 atom stereocenters. The molecule has 0 heterocycles. The van der Waals surface area contributed by atoms with Gasteiger partial charge in [0.2, 0.25) is 47.3 Å². The molecule has 0 aliphatic rings. The maximum absolute atomic E-state index is 13.7. The van der Waals surface area contributed by atoms with Gasteiger partial charge >= 0.3 is 0 Å². The van der Waals surface area contributed by atoms with Crippen LogP contribution in [0.5, 0.6) is 0 Å². The highest BCUT2D eigenvalue weighted by Gasteiger charge is 2.28. The third kappa shape index (κ3) is 20.9. The molecular weight excluding hydrogens is 870 g/mol. The number of carbonyl (C=O) groups excluding carboxylic acids is 8. The minimum Gasteiger partial charge on any atom is -0.368 e. The number of benzene rings is 3. The summed E-state index contributed by atoms with van der Waals surface area (Å²) in [6.45, 7) is -1.24. The van der Waals surface area contributed by atoms with Crippen molar-refractivity contribution in [1.82, 2.24) is 37.2 Å². The van der Waals surface area contributed by atoms with E-state index in [0.29, 0.717) is 30.8 Å². The number of amides is 8. The molecule has 0 saturated heterocycles. The van der Waals surface area contributed by atoms with Gasteiger partial charge in [-0.3, -0.25) is 38.4 Å². The lowest BCUT2D eigenvalue weighted by Crippen LogP contribution is -2.56. The Morgan fingerprint density at radius 1 is 0.571 bits per heavy atom. The summed E-state index contributed by atoms with van der Waals surface area (Å²) >= 11 is 5.97. The highest BCUT2D eigenvalue weighted by Crippen LogP contribution is 2.18. The van der Waals surface area contributed by atoms with E-state index in [2.05, 4.69) is 37.2 Å². The minimum absolute atomic E-state index is 0.0696. The molecule has 8 amide bonds.